The molecule has 4 rings (SSSR count). The van der Waals surface area contributed by atoms with Gasteiger partial charge in [-0.1, -0.05) is 0 Å². The summed E-state index contributed by atoms with van der Waals surface area (Å²) in [6.45, 7) is -1.29. The van der Waals surface area contributed by atoms with Crippen molar-refractivity contribution in [3.05, 3.63) is 52.4 Å². The van der Waals surface area contributed by atoms with Gasteiger partial charge < -0.3 is 20.1 Å². The molecule has 2 N–H and O–H groups in total. The van der Waals surface area contributed by atoms with E-state index in [-0.39, 0.29) is 61.8 Å². The molecule has 38 heavy (non-hydrogen) atoms. The first-order valence-corrected chi connectivity index (χ1v) is 13.3. The standard InChI is InChI=1S/C22H23F6N5O4S/c23-14-10-16(25)15(24)8-12(14)7-13(29)9-18(34)32-1-2-33-17(11-32)19(30-21(33)22(26,27)28)20(35)31-3-5-38(36,37)6-4-31/h8,10,13H,1-7,9,11,29H2. The maximum Gasteiger partial charge on any atom is 0.449 e. The van der Waals surface area contributed by atoms with Gasteiger partial charge in [0.2, 0.25) is 11.7 Å². The summed E-state index contributed by atoms with van der Waals surface area (Å²) in [6.07, 6.45) is -5.58. The lowest BCUT2D eigenvalue weighted by molar-refractivity contribution is -0.148. The van der Waals surface area contributed by atoms with E-state index in [0.717, 1.165) is 9.47 Å². The van der Waals surface area contributed by atoms with Crippen molar-refractivity contribution in [3.63, 3.8) is 0 Å². The molecule has 1 unspecified atom stereocenters. The minimum Gasteiger partial charge on any atom is -0.335 e. The van der Waals surface area contributed by atoms with Crippen molar-refractivity contribution in [1.29, 1.82) is 0 Å². The fourth-order valence-corrected chi connectivity index (χ4v) is 5.66. The van der Waals surface area contributed by atoms with E-state index in [1.807, 2.05) is 0 Å². The van der Waals surface area contributed by atoms with Crippen LogP contribution in [-0.2, 0) is 40.3 Å². The van der Waals surface area contributed by atoms with E-state index in [1.54, 1.807) is 0 Å². The number of halogens is 6. The van der Waals surface area contributed by atoms with Crippen LogP contribution in [0.5, 0.6) is 0 Å². The van der Waals surface area contributed by atoms with Gasteiger partial charge >= 0.3 is 6.18 Å². The number of hydrogen-bond acceptors (Lipinski definition) is 6. The predicted molar refractivity (Wildman–Crippen MR) is 120 cm³/mol. The first kappa shape index (κ1) is 27.9. The molecule has 0 spiro atoms. The zero-order chi connectivity index (χ0) is 28.0. The maximum absolute atomic E-state index is 13.9. The first-order chi connectivity index (χ1) is 17.7. The molecule has 9 nitrogen and oxygen atoms in total. The van der Waals surface area contributed by atoms with Crippen LogP contribution >= 0.6 is 0 Å². The van der Waals surface area contributed by atoms with Crippen molar-refractivity contribution in [2.45, 2.75) is 38.1 Å². The molecule has 2 amide bonds. The summed E-state index contributed by atoms with van der Waals surface area (Å²) >= 11 is 0. The fourth-order valence-electron chi connectivity index (χ4n) is 4.46. The number of aromatic nitrogens is 2. The SMILES string of the molecule is NC(CC(=O)N1CCn2c(C(F)(F)F)nc(C(=O)N3CCS(=O)(=O)CC3)c2C1)Cc1cc(F)c(F)cc1F. The number of amides is 2. The highest BCUT2D eigenvalue weighted by Gasteiger charge is 2.42. The smallest absolute Gasteiger partial charge is 0.335 e. The van der Waals surface area contributed by atoms with E-state index in [1.165, 1.54) is 4.90 Å². The first-order valence-electron chi connectivity index (χ1n) is 11.5. The Morgan fingerprint density at radius 3 is 2.24 bits per heavy atom. The summed E-state index contributed by atoms with van der Waals surface area (Å²) in [6, 6.07) is -0.0213. The molecule has 2 aliphatic rings. The number of nitrogens with two attached hydrogens (primary N) is 1. The van der Waals surface area contributed by atoms with Crippen molar-refractivity contribution in [1.82, 2.24) is 19.4 Å². The maximum atomic E-state index is 13.9. The minimum atomic E-state index is -4.89. The lowest BCUT2D eigenvalue weighted by atomic mass is 10.0. The van der Waals surface area contributed by atoms with Crippen molar-refractivity contribution < 1.29 is 44.3 Å². The van der Waals surface area contributed by atoms with E-state index in [2.05, 4.69) is 4.98 Å². The lowest BCUT2D eigenvalue weighted by Crippen LogP contribution is -2.45. The predicted octanol–water partition coefficient (Wildman–Crippen LogP) is 1.49. The molecule has 208 valence electrons. The Labute approximate surface area is 213 Å². The van der Waals surface area contributed by atoms with Crippen LogP contribution in [-0.4, -0.2) is 76.8 Å². The Bertz CT molecular complexity index is 1360. The van der Waals surface area contributed by atoms with Crippen molar-refractivity contribution in [2.24, 2.45) is 5.73 Å². The molecule has 1 aromatic carbocycles. The summed E-state index contributed by atoms with van der Waals surface area (Å²) in [7, 11) is -3.36. The topological polar surface area (TPSA) is 119 Å². The summed E-state index contributed by atoms with van der Waals surface area (Å²) in [5, 5.41) is 0. The minimum absolute atomic E-state index is 0.157. The highest BCUT2D eigenvalue weighted by Crippen LogP contribution is 2.33. The van der Waals surface area contributed by atoms with Crippen LogP contribution in [0.15, 0.2) is 12.1 Å². The molecule has 1 fully saturated rings. The van der Waals surface area contributed by atoms with Crippen LogP contribution in [0.3, 0.4) is 0 Å². The Morgan fingerprint density at radius 2 is 1.61 bits per heavy atom. The van der Waals surface area contributed by atoms with Crippen LogP contribution in [0.25, 0.3) is 0 Å². The Morgan fingerprint density at radius 1 is 0.974 bits per heavy atom. The largest absolute Gasteiger partial charge is 0.449 e. The second kappa shape index (κ2) is 10.2. The van der Waals surface area contributed by atoms with E-state index < -0.39 is 69.4 Å². The van der Waals surface area contributed by atoms with E-state index in [4.69, 9.17) is 5.73 Å². The molecule has 0 bridgehead atoms. The highest BCUT2D eigenvalue weighted by molar-refractivity contribution is 7.91. The van der Waals surface area contributed by atoms with Crippen LogP contribution in [0, 0.1) is 17.5 Å². The third kappa shape index (κ3) is 5.80. The Hall–Kier alpha value is -3.14. The quantitative estimate of drug-likeness (QED) is 0.432. The van der Waals surface area contributed by atoms with Crippen molar-refractivity contribution in [2.75, 3.05) is 31.1 Å². The third-order valence-corrected chi connectivity index (χ3v) is 8.06. The van der Waals surface area contributed by atoms with Gasteiger partial charge in [0.1, 0.15) is 5.82 Å². The molecule has 1 aromatic heterocycles. The molecule has 0 radical (unpaired) electrons. The van der Waals surface area contributed by atoms with Crippen LogP contribution in [0.1, 0.15) is 34.0 Å². The molecular weight excluding hydrogens is 544 g/mol. The molecule has 16 heteroatoms. The molecule has 0 saturated carbocycles. The van der Waals surface area contributed by atoms with Crippen LogP contribution < -0.4 is 5.73 Å². The number of sulfone groups is 1. The van der Waals surface area contributed by atoms with Crippen molar-refractivity contribution in [3.8, 4) is 0 Å². The number of carbonyl (C=O) groups is 2. The molecule has 2 aliphatic heterocycles. The summed E-state index contributed by atoms with van der Waals surface area (Å²) in [5.74, 6) is -7.16. The molecule has 0 aliphatic carbocycles. The molecule has 3 heterocycles. The Balaban J connectivity index is 1.52. The van der Waals surface area contributed by atoms with E-state index >= 15 is 0 Å². The van der Waals surface area contributed by atoms with Gasteiger partial charge in [0.25, 0.3) is 5.91 Å². The number of fused-ring (bicyclic) bond motifs is 1. The number of imidazole rings is 1. The normalized spacial score (nSPS) is 18.3. The van der Waals surface area contributed by atoms with Gasteiger partial charge in [0.05, 0.1) is 23.7 Å². The number of nitrogens with zero attached hydrogens (tertiary/aromatic N) is 4. The van der Waals surface area contributed by atoms with Gasteiger partial charge in [-0.15, -0.1) is 0 Å². The van der Waals surface area contributed by atoms with Gasteiger partial charge in [-0.05, 0) is 18.1 Å². The number of hydrogen-bond donors (Lipinski definition) is 1. The summed E-state index contributed by atoms with van der Waals surface area (Å²) < 4.78 is 106. The average molecular weight is 568 g/mol. The number of carbonyl (C=O) groups excluding carboxylic acids is 2. The monoisotopic (exact) mass is 567 g/mol. The molecule has 1 atom stereocenters. The lowest BCUT2D eigenvalue weighted by Gasteiger charge is -2.31. The molecule has 2 aromatic rings. The van der Waals surface area contributed by atoms with Gasteiger partial charge in [-0.2, -0.15) is 13.2 Å². The van der Waals surface area contributed by atoms with E-state index in [0.29, 0.717) is 12.1 Å². The fraction of sp³-hybridized carbons (Fsp3) is 0.500. The van der Waals surface area contributed by atoms with Gasteiger partial charge in [0, 0.05) is 44.7 Å². The zero-order valence-electron chi connectivity index (χ0n) is 19.8. The zero-order valence-corrected chi connectivity index (χ0v) is 20.6. The highest BCUT2D eigenvalue weighted by atomic mass is 32.2. The summed E-state index contributed by atoms with van der Waals surface area (Å²) in [4.78, 5) is 31.7. The van der Waals surface area contributed by atoms with Gasteiger partial charge in [-0.3, -0.25) is 9.59 Å². The summed E-state index contributed by atoms with van der Waals surface area (Å²) in [5.41, 5.74) is 4.99. The number of rotatable bonds is 5. The van der Waals surface area contributed by atoms with Crippen molar-refractivity contribution >= 4 is 21.7 Å². The van der Waals surface area contributed by atoms with Crippen LogP contribution in [0.2, 0.25) is 0 Å². The third-order valence-electron chi connectivity index (χ3n) is 6.46. The number of benzene rings is 1. The Kier molecular flexibility index (Phi) is 7.49. The van der Waals surface area contributed by atoms with Crippen LogP contribution in [0.4, 0.5) is 26.3 Å². The van der Waals surface area contributed by atoms with Gasteiger partial charge in [-0.25, -0.2) is 26.6 Å². The molecule has 1 saturated heterocycles. The van der Waals surface area contributed by atoms with E-state index in [9.17, 15) is 44.3 Å². The second-order valence-corrected chi connectivity index (χ2v) is 11.5. The average Bonchev–Trinajstić information content (AvgIpc) is 3.21. The second-order valence-electron chi connectivity index (χ2n) is 9.17. The molecular formula is C22H23F6N5O4S. The van der Waals surface area contributed by atoms with Gasteiger partial charge in [0.15, 0.2) is 27.2 Å². The number of alkyl halides is 3.